The van der Waals surface area contributed by atoms with Crippen LogP contribution in [0.3, 0.4) is 0 Å². The van der Waals surface area contributed by atoms with E-state index in [1.807, 2.05) is 13.0 Å². The van der Waals surface area contributed by atoms with Gasteiger partial charge in [0.1, 0.15) is 0 Å². The molecule has 1 atom stereocenters. The van der Waals surface area contributed by atoms with E-state index in [1.54, 1.807) is 0 Å². The van der Waals surface area contributed by atoms with Crippen molar-refractivity contribution in [3.05, 3.63) is 18.6 Å². The Morgan fingerprint density at radius 1 is 1.50 bits per heavy atom. The Hall–Kier alpha value is -0.300. The number of rotatable bonds is 6. The first-order valence-electron chi connectivity index (χ1n) is 4.86. The molecule has 1 heteroatoms. The van der Waals surface area contributed by atoms with Crippen molar-refractivity contribution in [3.63, 3.8) is 0 Å². The van der Waals surface area contributed by atoms with E-state index in [9.17, 15) is 5.11 Å². The van der Waals surface area contributed by atoms with Crippen molar-refractivity contribution in [2.45, 2.75) is 52.1 Å². The SMILES string of the molecule is [CH2]CC=C(C)C(O)CCCCC. The normalized spacial score (nSPS) is 14.8. The molecule has 0 bridgehead atoms. The molecule has 12 heavy (non-hydrogen) atoms. The molecule has 0 aromatic carbocycles. The number of unbranched alkanes of at least 4 members (excludes halogenated alkanes) is 2. The van der Waals surface area contributed by atoms with Gasteiger partial charge in [0, 0.05) is 0 Å². The van der Waals surface area contributed by atoms with Gasteiger partial charge in [-0.15, -0.1) is 0 Å². The molecule has 0 spiro atoms. The van der Waals surface area contributed by atoms with Gasteiger partial charge in [0.2, 0.25) is 0 Å². The van der Waals surface area contributed by atoms with Crippen LogP contribution >= 0.6 is 0 Å². The molecule has 0 heterocycles. The van der Waals surface area contributed by atoms with E-state index in [1.165, 1.54) is 12.8 Å². The molecular weight excluding hydrogens is 148 g/mol. The van der Waals surface area contributed by atoms with E-state index >= 15 is 0 Å². The van der Waals surface area contributed by atoms with Crippen molar-refractivity contribution in [2.24, 2.45) is 0 Å². The Balaban J connectivity index is 3.56. The summed E-state index contributed by atoms with van der Waals surface area (Å²) >= 11 is 0. The molecule has 0 aliphatic carbocycles. The van der Waals surface area contributed by atoms with Crippen LogP contribution < -0.4 is 0 Å². The van der Waals surface area contributed by atoms with Gasteiger partial charge in [0.15, 0.2) is 0 Å². The first kappa shape index (κ1) is 11.7. The van der Waals surface area contributed by atoms with Gasteiger partial charge < -0.3 is 5.11 Å². The Labute approximate surface area is 76.5 Å². The van der Waals surface area contributed by atoms with E-state index < -0.39 is 0 Å². The number of hydrogen-bond donors (Lipinski definition) is 1. The molecule has 71 valence electrons. The minimum absolute atomic E-state index is 0.238. The summed E-state index contributed by atoms with van der Waals surface area (Å²) in [5.74, 6) is 0. The molecule has 0 saturated carbocycles. The number of aliphatic hydroxyl groups excluding tert-OH is 1. The second-order valence-electron chi connectivity index (χ2n) is 3.25. The minimum Gasteiger partial charge on any atom is -0.389 e. The second kappa shape index (κ2) is 7.35. The first-order valence-corrected chi connectivity index (χ1v) is 4.86. The predicted octanol–water partition coefficient (Wildman–Crippen LogP) is 3.10. The molecule has 1 unspecified atom stereocenters. The highest BCUT2D eigenvalue weighted by molar-refractivity contribution is 5.04. The van der Waals surface area contributed by atoms with Gasteiger partial charge in [-0.1, -0.05) is 32.3 Å². The maximum atomic E-state index is 9.58. The van der Waals surface area contributed by atoms with Gasteiger partial charge in [-0.3, -0.25) is 0 Å². The smallest absolute Gasteiger partial charge is 0.0747 e. The van der Waals surface area contributed by atoms with Crippen molar-refractivity contribution in [2.75, 3.05) is 0 Å². The summed E-state index contributed by atoms with van der Waals surface area (Å²) in [4.78, 5) is 0. The van der Waals surface area contributed by atoms with Crippen LogP contribution in [-0.4, -0.2) is 11.2 Å². The van der Waals surface area contributed by atoms with Crippen LogP contribution in [0, 0.1) is 6.92 Å². The van der Waals surface area contributed by atoms with Gasteiger partial charge in [0.05, 0.1) is 6.10 Å². The zero-order valence-electron chi connectivity index (χ0n) is 8.34. The van der Waals surface area contributed by atoms with Gasteiger partial charge in [-0.2, -0.15) is 0 Å². The van der Waals surface area contributed by atoms with Crippen molar-refractivity contribution >= 4 is 0 Å². The highest BCUT2D eigenvalue weighted by Gasteiger charge is 2.04. The standard InChI is InChI=1S/C11H21O/c1-4-6-7-9-11(12)10(3)8-5-2/h8,11-12H,2,4-7,9H2,1,3H3. The van der Waals surface area contributed by atoms with Gasteiger partial charge in [0.25, 0.3) is 0 Å². The lowest BCUT2D eigenvalue weighted by Crippen LogP contribution is -2.07. The molecule has 0 aromatic heterocycles. The van der Waals surface area contributed by atoms with Crippen LogP contribution in [0.15, 0.2) is 11.6 Å². The van der Waals surface area contributed by atoms with Crippen LogP contribution in [0.5, 0.6) is 0 Å². The van der Waals surface area contributed by atoms with Crippen LogP contribution in [0.2, 0.25) is 0 Å². The summed E-state index contributed by atoms with van der Waals surface area (Å²) in [6.45, 7) is 7.86. The second-order valence-corrected chi connectivity index (χ2v) is 3.25. The average Bonchev–Trinajstić information content (AvgIpc) is 2.05. The summed E-state index contributed by atoms with van der Waals surface area (Å²) in [5, 5.41) is 9.58. The minimum atomic E-state index is -0.238. The van der Waals surface area contributed by atoms with Crippen molar-refractivity contribution in [1.29, 1.82) is 0 Å². The third-order valence-corrected chi connectivity index (χ3v) is 2.07. The first-order chi connectivity index (χ1) is 5.72. The monoisotopic (exact) mass is 169 g/mol. The Kier molecular flexibility index (Phi) is 7.17. The van der Waals surface area contributed by atoms with Crippen LogP contribution in [0.25, 0.3) is 0 Å². The molecule has 1 radical (unpaired) electrons. The zero-order chi connectivity index (χ0) is 9.40. The third kappa shape index (κ3) is 5.36. The zero-order valence-corrected chi connectivity index (χ0v) is 8.34. The van der Waals surface area contributed by atoms with E-state index in [-0.39, 0.29) is 6.10 Å². The number of aliphatic hydroxyl groups is 1. The number of hydrogen-bond acceptors (Lipinski definition) is 1. The lowest BCUT2D eigenvalue weighted by Gasteiger charge is -2.10. The molecule has 1 N–H and O–H groups in total. The molecule has 0 rings (SSSR count). The quantitative estimate of drug-likeness (QED) is 0.478. The highest BCUT2D eigenvalue weighted by Crippen LogP contribution is 2.10. The largest absolute Gasteiger partial charge is 0.389 e. The molecule has 0 saturated heterocycles. The maximum Gasteiger partial charge on any atom is 0.0747 e. The lowest BCUT2D eigenvalue weighted by molar-refractivity contribution is 0.196. The molecule has 0 aliphatic rings. The van der Waals surface area contributed by atoms with E-state index in [4.69, 9.17) is 0 Å². The summed E-state index contributed by atoms with van der Waals surface area (Å²) in [5.41, 5.74) is 1.07. The molecule has 0 aromatic rings. The predicted molar refractivity (Wildman–Crippen MR) is 53.9 cm³/mol. The molecular formula is C11H21O. The number of allylic oxidation sites excluding steroid dienone is 1. The molecule has 0 fully saturated rings. The fraction of sp³-hybridized carbons (Fsp3) is 0.727. The maximum absolute atomic E-state index is 9.58. The Bertz CT molecular complexity index is 127. The van der Waals surface area contributed by atoms with Gasteiger partial charge in [-0.25, -0.2) is 0 Å². The summed E-state index contributed by atoms with van der Waals surface area (Å²) in [6, 6.07) is 0. The molecule has 0 aliphatic heterocycles. The average molecular weight is 169 g/mol. The van der Waals surface area contributed by atoms with E-state index in [2.05, 4.69) is 13.8 Å². The van der Waals surface area contributed by atoms with Gasteiger partial charge >= 0.3 is 0 Å². The van der Waals surface area contributed by atoms with Gasteiger partial charge in [-0.05, 0) is 32.3 Å². The summed E-state index contributed by atoms with van der Waals surface area (Å²) < 4.78 is 0. The fourth-order valence-corrected chi connectivity index (χ4v) is 1.18. The lowest BCUT2D eigenvalue weighted by atomic mass is 10.0. The van der Waals surface area contributed by atoms with Crippen LogP contribution in [0.4, 0.5) is 0 Å². The van der Waals surface area contributed by atoms with E-state index in [0.29, 0.717) is 0 Å². The topological polar surface area (TPSA) is 20.2 Å². The van der Waals surface area contributed by atoms with Crippen LogP contribution in [-0.2, 0) is 0 Å². The van der Waals surface area contributed by atoms with Crippen molar-refractivity contribution in [3.8, 4) is 0 Å². The summed E-state index contributed by atoms with van der Waals surface area (Å²) in [6.07, 6.45) is 6.99. The van der Waals surface area contributed by atoms with Crippen molar-refractivity contribution < 1.29 is 5.11 Å². The molecule has 1 nitrogen and oxygen atoms in total. The third-order valence-electron chi connectivity index (χ3n) is 2.07. The molecule has 0 amide bonds. The summed E-state index contributed by atoms with van der Waals surface area (Å²) in [7, 11) is 0. The highest BCUT2D eigenvalue weighted by atomic mass is 16.3. The van der Waals surface area contributed by atoms with Crippen molar-refractivity contribution in [1.82, 2.24) is 0 Å². The Morgan fingerprint density at radius 3 is 2.67 bits per heavy atom. The fourth-order valence-electron chi connectivity index (χ4n) is 1.18. The van der Waals surface area contributed by atoms with E-state index in [0.717, 1.165) is 24.8 Å². The Morgan fingerprint density at radius 2 is 2.17 bits per heavy atom. The van der Waals surface area contributed by atoms with Crippen LogP contribution in [0.1, 0.15) is 46.0 Å².